The Morgan fingerprint density at radius 2 is 1.71 bits per heavy atom. The van der Waals surface area contributed by atoms with Crippen molar-refractivity contribution in [2.45, 2.75) is 6.18 Å². The molecule has 3 N–H and O–H groups in total. The number of nitrogens with zero attached hydrogens (tertiary/aromatic N) is 4. The molecule has 0 aliphatic heterocycles. The minimum absolute atomic E-state index is 0.0192. The van der Waals surface area contributed by atoms with Gasteiger partial charge in [-0.25, -0.2) is 23.7 Å². The minimum Gasteiger partial charge on any atom is -0.384 e. The number of benzene rings is 1. The van der Waals surface area contributed by atoms with Gasteiger partial charge in [0.2, 0.25) is 5.82 Å². The maximum atomic E-state index is 14.1. The number of aromatic nitrogens is 4. The Kier molecular flexibility index (Phi) is 5.88. The van der Waals surface area contributed by atoms with E-state index < -0.39 is 35.4 Å². The molecular formula is C22H13F5N6O. The van der Waals surface area contributed by atoms with Gasteiger partial charge in [0.15, 0.2) is 0 Å². The van der Waals surface area contributed by atoms with E-state index in [4.69, 9.17) is 5.73 Å². The van der Waals surface area contributed by atoms with Crippen LogP contribution >= 0.6 is 0 Å². The summed E-state index contributed by atoms with van der Waals surface area (Å²) in [4.78, 5) is 27.5. The number of halogens is 5. The van der Waals surface area contributed by atoms with E-state index in [0.717, 1.165) is 12.1 Å². The van der Waals surface area contributed by atoms with E-state index in [0.29, 0.717) is 6.07 Å². The van der Waals surface area contributed by atoms with Crippen LogP contribution in [0, 0.1) is 11.6 Å². The highest BCUT2D eigenvalue weighted by atomic mass is 19.4. The molecule has 34 heavy (non-hydrogen) atoms. The third-order valence-electron chi connectivity index (χ3n) is 4.53. The van der Waals surface area contributed by atoms with Crippen molar-refractivity contribution in [1.29, 1.82) is 0 Å². The van der Waals surface area contributed by atoms with Crippen molar-refractivity contribution in [3.05, 3.63) is 84.1 Å². The molecule has 0 saturated heterocycles. The number of nitrogens with two attached hydrogens (primary N) is 1. The lowest BCUT2D eigenvalue weighted by Crippen LogP contribution is -2.16. The molecule has 0 aliphatic carbocycles. The quantitative estimate of drug-likeness (QED) is 0.416. The van der Waals surface area contributed by atoms with Crippen molar-refractivity contribution in [3.63, 3.8) is 0 Å². The molecule has 3 heterocycles. The number of rotatable bonds is 4. The molecule has 0 saturated carbocycles. The monoisotopic (exact) mass is 472 g/mol. The first kappa shape index (κ1) is 22.7. The molecule has 1 amide bonds. The van der Waals surface area contributed by atoms with Gasteiger partial charge in [0.1, 0.15) is 23.1 Å². The Hall–Kier alpha value is -4.48. The Morgan fingerprint density at radius 3 is 2.44 bits per heavy atom. The average Bonchev–Trinajstić information content (AvgIpc) is 2.78. The number of pyridine rings is 2. The Balaban J connectivity index is 1.67. The van der Waals surface area contributed by atoms with Crippen molar-refractivity contribution >= 4 is 17.4 Å². The maximum Gasteiger partial charge on any atom is 0.451 e. The van der Waals surface area contributed by atoms with E-state index in [-0.39, 0.29) is 33.9 Å². The summed E-state index contributed by atoms with van der Waals surface area (Å²) in [5.41, 5.74) is 5.38. The first-order chi connectivity index (χ1) is 16.1. The second-order valence-electron chi connectivity index (χ2n) is 6.91. The zero-order chi connectivity index (χ0) is 24.5. The van der Waals surface area contributed by atoms with Crippen LogP contribution in [0.25, 0.3) is 22.5 Å². The molecule has 0 aliphatic rings. The van der Waals surface area contributed by atoms with Crippen LogP contribution in [-0.4, -0.2) is 25.8 Å². The summed E-state index contributed by atoms with van der Waals surface area (Å²) < 4.78 is 66.6. The molecule has 0 atom stereocenters. The highest BCUT2D eigenvalue weighted by Gasteiger charge is 2.35. The number of hydrogen-bond donors (Lipinski definition) is 2. The molecule has 0 unspecified atom stereocenters. The predicted octanol–water partition coefficient (Wildman–Crippen LogP) is 4.73. The second-order valence-corrected chi connectivity index (χ2v) is 6.91. The molecule has 3 aromatic heterocycles. The van der Waals surface area contributed by atoms with Crippen LogP contribution in [-0.2, 0) is 6.18 Å². The summed E-state index contributed by atoms with van der Waals surface area (Å²) in [7, 11) is 0. The normalized spacial score (nSPS) is 11.3. The van der Waals surface area contributed by atoms with Crippen molar-refractivity contribution < 1.29 is 26.7 Å². The molecular weight excluding hydrogens is 459 g/mol. The molecule has 172 valence electrons. The number of nitrogen functional groups attached to an aromatic ring is 1. The van der Waals surface area contributed by atoms with Crippen LogP contribution in [0.15, 0.2) is 60.9 Å². The van der Waals surface area contributed by atoms with Crippen LogP contribution in [0.4, 0.5) is 33.5 Å². The first-order valence-electron chi connectivity index (χ1n) is 9.52. The van der Waals surface area contributed by atoms with Gasteiger partial charge >= 0.3 is 6.18 Å². The lowest BCUT2D eigenvalue weighted by molar-refractivity contribution is -0.144. The fraction of sp³-hybridized carbons (Fsp3) is 0.0455. The fourth-order valence-electron chi connectivity index (χ4n) is 3.04. The molecule has 12 heteroatoms. The zero-order valence-corrected chi connectivity index (χ0v) is 16.9. The van der Waals surface area contributed by atoms with Gasteiger partial charge in [-0.3, -0.25) is 9.78 Å². The van der Waals surface area contributed by atoms with Gasteiger partial charge < -0.3 is 11.1 Å². The molecule has 4 rings (SSSR count). The number of amides is 1. The van der Waals surface area contributed by atoms with Crippen molar-refractivity contribution in [1.82, 2.24) is 19.9 Å². The average molecular weight is 472 g/mol. The molecule has 0 bridgehead atoms. The van der Waals surface area contributed by atoms with Gasteiger partial charge in [-0.2, -0.15) is 13.2 Å². The topological polar surface area (TPSA) is 107 Å². The molecule has 0 spiro atoms. The van der Waals surface area contributed by atoms with Gasteiger partial charge in [-0.1, -0.05) is 6.07 Å². The number of alkyl halides is 3. The Labute approximate surface area is 188 Å². The third kappa shape index (κ3) is 4.80. The van der Waals surface area contributed by atoms with Crippen molar-refractivity contribution in [2.24, 2.45) is 0 Å². The summed E-state index contributed by atoms with van der Waals surface area (Å²) in [6, 6.07) is 9.62. The van der Waals surface area contributed by atoms with Gasteiger partial charge in [-0.15, -0.1) is 0 Å². The largest absolute Gasteiger partial charge is 0.451 e. The summed E-state index contributed by atoms with van der Waals surface area (Å²) in [6.07, 6.45) is -2.32. The lowest BCUT2D eigenvalue weighted by Gasteiger charge is -2.12. The molecule has 0 fully saturated rings. The number of anilines is 2. The maximum absolute atomic E-state index is 14.1. The minimum atomic E-state index is -4.83. The lowest BCUT2D eigenvalue weighted by atomic mass is 10.1. The van der Waals surface area contributed by atoms with Gasteiger partial charge in [0.25, 0.3) is 5.91 Å². The van der Waals surface area contributed by atoms with Crippen LogP contribution in [0.3, 0.4) is 0 Å². The number of carbonyl (C=O) groups is 1. The van der Waals surface area contributed by atoms with Crippen LogP contribution < -0.4 is 11.1 Å². The summed E-state index contributed by atoms with van der Waals surface area (Å²) >= 11 is 0. The first-order valence-corrected chi connectivity index (χ1v) is 9.52. The van der Waals surface area contributed by atoms with E-state index in [1.54, 1.807) is 0 Å². The van der Waals surface area contributed by atoms with E-state index in [1.807, 2.05) is 0 Å². The number of carbonyl (C=O) groups excluding carboxylic acids is 1. The van der Waals surface area contributed by atoms with Crippen LogP contribution in [0.2, 0.25) is 0 Å². The van der Waals surface area contributed by atoms with Crippen LogP contribution in [0.1, 0.15) is 16.3 Å². The van der Waals surface area contributed by atoms with Crippen molar-refractivity contribution in [2.75, 3.05) is 11.1 Å². The summed E-state index contributed by atoms with van der Waals surface area (Å²) in [6.45, 7) is 0. The second kappa shape index (κ2) is 8.81. The van der Waals surface area contributed by atoms with E-state index >= 15 is 0 Å². The number of nitrogens with one attached hydrogen (secondary N) is 1. The van der Waals surface area contributed by atoms with Gasteiger partial charge in [-0.05, 0) is 30.3 Å². The van der Waals surface area contributed by atoms with E-state index in [9.17, 15) is 26.7 Å². The highest BCUT2D eigenvalue weighted by molar-refractivity contribution is 6.05. The smallest absolute Gasteiger partial charge is 0.384 e. The standard InChI is InChI=1S/C22H13F5N6O/c23-11-4-5-12(14(24)8-11)15-2-1-3-16(30-15)20(34)31-18-10-29-7-6-13(18)17-9-19(28)33-21(32-17)22(25,26)27/h1-10H,(H,31,34)(H2,28,32,33). The molecule has 0 radical (unpaired) electrons. The molecule has 1 aromatic carbocycles. The summed E-state index contributed by atoms with van der Waals surface area (Å²) in [5, 5.41) is 2.51. The number of hydrogen-bond acceptors (Lipinski definition) is 6. The Bertz CT molecular complexity index is 1390. The van der Waals surface area contributed by atoms with Gasteiger partial charge in [0, 0.05) is 29.5 Å². The molecule has 7 nitrogen and oxygen atoms in total. The highest BCUT2D eigenvalue weighted by Crippen LogP contribution is 2.32. The Morgan fingerprint density at radius 1 is 0.912 bits per heavy atom. The van der Waals surface area contributed by atoms with Crippen molar-refractivity contribution in [3.8, 4) is 22.5 Å². The SMILES string of the molecule is Nc1cc(-c2ccncc2NC(=O)c2cccc(-c3ccc(F)cc3F)n2)nc(C(F)(F)F)n1. The van der Waals surface area contributed by atoms with Crippen LogP contribution in [0.5, 0.6) is 0 Å². The predicted molar refractivity (Wildman–Crippen MR) is 112 cm³/mol. The summed E-state index contributed by atoms with van der Waals surface area (Å²) in [5.74, 6) is -4.23. The third-order valence-corrected chi connectivity index (χ3v) is 4.53. The van der Waals surface area contributed by atoms with Gasteiger partial charge in [0.05, 0.1) is 23.3 Å². The van der Waals surface area contributed by atoms with E-state index in [1.165, 1.54) is 42.7 Å². The molecule has 4 aromatic rings. The van der Waals surface area contributed by atoms with E-state index in [2.05, 4.69) is 25.3 Å². The zero-order valence-electron chi connectivity index (χ0n) is 16.9. The fourth-order valence-corrected chi connectivity index (χ4v) is 3.04.